The number of amides is 2. The Bertz CT molecular complexity index is 1370. The van der Waals surface area contributed by atoms with Gasteiger partial charge in [-0.25, -0.2) is 4.98 Å². The van der Waals surface area contributed by atoms with Crippen LogP contribution in [0.25, 0.3) is 0 Å². The van der Waals surface area contributed by atoms with E-state index in [0.717, 1.165) is 88.9 Å². The van der Waals surface area contributed by atoms with Crippen LogP contribution in [0.15, 0.2) is 24.4 Å². The van der Waals surface area contributed by atoms with Gasteiger partial charge in [0.1, 0.15) is 17.5 Å². The number of rotatable bonds is 12. The summed E-state index contributed by atoms with van der Waals surface area (Å²) in [5.74, 6) is 2.57. The van der Waals surface area contributed by atoms with Crippen LogP contribution in [0.1, 0.15) is 68.6 Å². The standard InChI is InChI=1S/C35H53N9O3/c1-4-29-34(46)41(2)30-23-38-35(40-32(30)44(29)27-8-5-6-9-27)39-28-11-10-26(22-31(28)47-3)33(45)37-14-7-17-42-18-20-43(21-19-42)24-25-12-15-36-16-13-25/h10-11,22-23,25,27,29,36H,4-9,12-21,24H2,1-3H3,(H,37,45)(H,38,39,40). The van der Waals surface area contributed by atoms with Crippen molar-refractivity contribution in [2.45, 2.75) is 70.4 Å². The molecule has 6 rings (SSSR count). The van der Waals surface area contributed by atoms with Crippen LogP contribution >= 0.6 is 0 Å². The predicted octanol–water partition coefficient (Wildman–Crippen LogP) is 3.47. The second-order valence-corrected chi connectivity index (χ2v) is 13.6. The Morgan fingerprint density at radius 2 is 1.81 bits per heavy atom. The van der Waals surface area contributed by atoms with Crippen molar-refractivity contribution in [2.24, 2.45) is 5.92 Å². The summed E-state index contributed by atoms with van der Waals surface area (Å²) < 4.78 is 5.68. The summed E-state index contributed by atoms with van der Waals surface area (Å²) >= 11 is 0. The third-order valence-electron chi connectivity index (χ3n) is 10.5. The van der Waals surface area contributed by atoms with E-state index in [0.29, 0.717) is 35.5 Å². The Kier molecular flexibility index (Phi) is 11.1. The molecule has 4 aliphatic rings. The third-order valence-corrected chi connectivity index (χ3v) is 10.5. The van der Waals surface area contributed by atoms with Gasteiger partial charge in [-0.1, -0.05) is 19.8 Å². The number of fused-ring (bicyclic) bond motifs is 1. The highest BCUT2D eigenvalue weighted by atomic mass is 16.5. The zero-order chi connectivity index (χ0) is 32.8. The number of benzene rings is 1. The maximum atomic E-state index is 13.2. The fourth-order valence-electron chi connectivity index (χ4n) is 7.73. The van der Waals surface area contributed by atoms with E-state index >= 15 is 0 Å². The number of nitrogens with zero attached hydrogens (tertiary/aromatic N) is 6. The van der Waals surface area contributed by atoms with Crippen LogP contribution in [-0.2, 0) is 4.79 Å². The molecule has 1 unspecified atom stereocenters. The van der Waals surface area contributed by atoms with Gasteiger partial charge in [-0.15, -0.1) is 0 Å². The largest absolute Gasteiger partial charge is 0.495 e. The number of likely N-dealkylation sites (N-methyl/N-ethyl adjacent to an activating group) is 1. The van der Waals surface area contributed by atoms with Gasteiger partial charge in [-0.05, 0) is 82.3 Å². The molecule has 2 amide bonds. The number of aromatic nitrogens is 2. The summed E-state index contributed by atoms with van der Waals surface area (Å²) in [7, 11) is 3.40. The fraction of sp³-hybridized carbons (Fsp3) is 0.657. The first-order chi connectivity index (χ1) is 22.9. The number of methoxy groups -OCH3 is 1. The second kappa shape index (κ2) is 15.6. The molecule has 1 aliphatic carbocycles. The van der Waals surface area contributed by atoms with Crippen LogP contribution in [0.3, 0.4) is 0 Å². The molecule has 2 saturated heterocycles. The smallest absolute Gasteiger partial charge is 0.251 e. The first-order valence-electron chi connectivity index (χ1n) is 17.8. The number of carbonyl (C=O) groups is 2. The number of nitrogens with one attached hydrogen (secondary N) is 3. The lowest BCUT2D eigenvalue weighted by atomic mass is 9.97. The summed E-state index contributed by atoms with van der Waals surface area (Å²) in [5, 5.41) is 9.85. The summed E-state index contributed by atoms with van der Waals surface area (Å²) in [6.45, 7) is 11.7. The van der Waals surface area contributed by atoms with Gasteiger partial charge in [0, 0.05) is 57.9 Å². The lowest BCUT2D eigenvalue weighted by Crippen LogP contribution is -2.55. The Morgan fingerprint density at radius 3 is 2.53 bits per heavy atom. The van der Waals surface area contributed by atoms with E-state index in [9.17, 15) is 9.59 Å². The summed E-state index contributed by atoms with van der Waals surface area (Å²) in [6, 6.07) is 5.45. The number of piperidine rings is 1. The maximum absolute atomic E-state index is 13.2. The molecule has 1 aromatic carbocycles. The van der Waals surface area contributed by atoms with Crippen molar-refractivity contribution in [1.82, 2.24) is 30.4 Å². The van der Waals surface area contributed by atoms with Crippen molar-refractivity contribution < 1.29 is 14.3 Å². The Balaban J connectivity index is 1.02. The first-order valence-corrected chi connectivity index (χ1v) is 17.8. The van der Waals surface area contributed by atoms with E-state index in [-0.39, 0.29) is 17.9 Å². The number of anilines is 4. The Hall–Kier alpha value is -3.48. The molecule has 1 atom stereocenters. The Morgan fingerprint density at radius 1 is 1.06 bits per heavy atom. The van der Waals surface area contributed by atoms with Crippen LogP contribution < -0.4 is 30.5 Å². The molecular weight excluding hydrogens is 594 g/mol. The molecule has 1 aromatic heterocycles. The lowest BCUT2D eigenvalue weighted by Gasteiger charge is -2.43. The van der Waals surface area contributed by atoms with Crippen molar-refractivity contribution in [3.8, 4) is 5.75 Å². The summed E-state index contributed by atoms with van der Waals surface area (Å²) in [5.41, 5.74) is 1.94. The molecule has 47 heavy (non-hydrogen) atoms. The van der Waals surface area contributed by atoms with Gasteiger partial charge < -0.3 is 40.3 Å². The molecule has 3 aliphatic heterocycles. The second-order valence-electron chi connectivity index (χ2n) is 13.6. The number of carbonyl (C=O) groups excluding carboxylic acids is 2. The summed E-state index contributed by atoms with van der Waals surface area (Å²) in [4.78, 5) is 44.8. The van der Waals surface area contributed by atoms with Gasteiger partial charge in [-0.2, -0.15) is 4.98 Å². The molecule has 3 fully saturated rings. The molecule has 0 radical (unpaired) electrons. The van der Waals surface area contributed by atoms with Crippen LogP contribution in [0, 0.1) is 5.92 Å². The van der Waals surface area contributed by atoms with Crippen LogP contribution in [0.2, 0.25) is 0 Å². The zero-order valence-electron chi connectivity index (χ0n) is 28.5. The van der Waals surface area contributed by atoms with E-state index in [1.165, 1.54) is 32.2 Å². The number of ether oxygens (including phenoxy) is 1. The highest BCUT2D eigenvalue weighted by Gasteiger charge is 2.41. The van der Waals surface area contributed by atoms with Crippen LogP contribution in [0.5, 0.6) is 5.75 Å². The molecule has 0 bridgehead atoms. The predicted molar refractivity (Wildman–Crippen MR) is 186 cm³/mol. The highest BCUT2D eigenvalue weighted by Crippen LogP contribution is 2.40. The molecule has 4 heterocycles. The number of hydrogen-bond acceptors (Lipinski definition) is 10. The van der Waals surface area contributed by atoms with Gasteiger partial charge in [0.05, 0.1) is 19.0 Å². The molecule has 12 heteroatoms. The Labute approximate surface area is 279 Å². The SMILES string of the molecule is CCC1C(=O)N(C)c2cnc(Nc3ccc(C(=O)NCCCN4CCN(CC5CCNCC5)CC4)cc3OC)nc2N1C1CCCC1. The molecule has 0 spiro atoms. The van der Waals surface area contributed by atoms with Gasteiger partial charge in [0.15, 0.2) is 5.82 Å². The molecule has 3 N–H and O–H groups in total. The molecular formula is C35H53N9O3. The topological polar surface area (TPSA) is 118 Å². The molecule has 256 valence electrons. The first kappa shape index (κ1) is 33.4. The summed E-state index contributed by atoms with van der Waals surface area (Å²) in [6.07, 6.45) is 10.4. The fourth-order valence-corrected chi connectivity index (χ4v) is 7.73. The highest BCUT2D eigenvalue weighted by molar-refractivity contribution is 6.04. The van der Waals surface area contributed by atoms with Crippen molar-refractivity contribution in [3.05, 3.63) is 30.0 Å². The van der Waals surface area contributed by atoms with Crippen molar-refractivity contribution in [3.63, 3.8) is 0 Å². The minimum absolute atomic E-state index is 0.0907. The van der Waals surface area contributed by atoms with Crippen molar-refractivity contribution in [1.29, 1.82) is 0 Å². The van der Waals surface area contributed by atoms with E-state index in [1.54, 1.807) is 37.4 Å². The van der Waals surface area contributed by atoms with E-state index in [1.807, 2.05) is 6.07 Å². The minimum atomic E-state index is -0.232. The zero-order valence-corrected chi connectivity index (χ0v) is 28.5. The van der Waals surface area contributed by atoms with Gasteiger partial charge >= 0.3 is 0 Å². The van der Waals surface area contributed by atoms with E-state index < -0.39 is 0 Å². The normalized spacial score (nSPS) is 21.6. The minimum Gasteiger partial charge on any atom is -0.495 e. The molecule has 12 nitrogen and oxygen atoms in total. The third kappa shape index (κ3) is 7.81. The molecule has 1 saturated carbocycles. The van der Waals surface area contributed by atoms with Crippen LogP contribution in [0.4, 0.5) is 23.1 Å². The quantitative estimate of drug-likeness (QED) is 0.296. The monoisotopic (exact) mass is 647 g/mol. The van der Waals surface area contributed by atoms with Crippen molar-refractivity contribution >= 4 is 35.0 Å². The van der Waals surface area contributed by atoms with Gasteiger partial charge in [0.25, 0.3) is 5.91 Å². The number of hydrogen-bond donors (Lipinski definition) is 3. The maximum Gasteiger partial charge on any atom is 0.251 e. The van der Waals surface area contributed by atoms with Gasteiger partial charge in [-0.3, -0.25) is 9.59 Å². The van der Waals surface area contributed by atoms with Gasteiger partial charge in [0.2, 0.25) is 11.9 Å². The van der Waals surface area contributed by atoms with E-state index in [2.05, 4.69) is 42.6 Å². The number of piperazine rings is 1. The average Bonchev–Trinajstić information content (AvgIpc) is 3.64. The van der Waals surface area contributed by atoms with Crippen LogP contribution in [-0.4, -0.2) is 117 Å². The lowest BCUT2D eigenvalue weighted by molar-refractivity contribution is -0.120. The van der Waals surface area contributed by atoms with Crippen molar-refractivity contribution in [2.75, 3.05) is 88.2 Å². The molecule has 2 aromatic rings. The van der Waals surface area contributed by atoms with E-state index in [4.69, 9.17) is 9.72 Å². The average molecular weight is 648 g/mol.